The zero-order chi connectivity index (χ0) is 21.3. The third-order valence-corrected chi connectivity index (χ3v) is 6.88. The quantitative estimate of drug-likeness (QED) is 0.756. The number of ether oxygens (including phenoxy) is 1. The predicted molar refractivity (Wildman–Crippen MR) is 116 cm³/mol. The summed E-state index contributed by atoms with van der Waals surface area (Å²) in [6.07, 6.45) is 3.71. The number of hydrogen-bond acceptors (Lipinski definition) is 6. The van der Waals surface area contributed by atoms with Crippen LogP contribution in [0.2, 0.25) is 0 Å². The van der Waals surface area contributed by atoms with E-state index < -0.39 is 11.5 Å². The fourth-order valence-corrected chi connectivity index (χ4v) is 5.68. The van der Waals surface area contributed by atoms with Crippen LogP contribution in [-0.4, -0.2) is 46.1 Å². The summed E-state index contributed by atoms with van der Waals surface area (Å²) in [7, 11) is 1.60. The van der Waals surface area contributed by atoms with Gasteiger partial charge in [-0.1, -0.05) is 56.2 Å². The minimum Gasteiger partial charge on any atom is -0.377 e. The molecule has 160 valence electrons. The van der Waals surface area contributed by atoms with Crippen molar-refractivity contribution in [1.29, 1.82) is 0 Å². The maximum Gasteiger partial charge on any atom is 0.254 e. The van der Waals surface area contributed by atoms with E-state index in [-0.39, 0.29) is 11.8 Å². The highest BCUT2D eigenvalue weighted by atomic mass is 32.1. The second-order valence-electron chi connectivity index (χ2n) is 8.56. The summed E-state index contributed by atoms with van der Waals surface area (Å²) in [6.45, 7) is 5.24. The van der Waals surface area contributed by atoms with Crippen LogP contribution in [0, 0.1) is 5.92 Å². The molecular formula is C22H28N4O3S. The molecule has 1 saturated carbocycles. The van der Waals surface area contributed by atoms with Crippen LogP contribution >= 0.6 is 11.3 Å². The van der Waals surface area contributed by atoms with E-state index in [1.165, 1.54) is 11.3 Å². The summed E-state index contributed by atoms with van der Waals surface area (Å²) in [5.41, 5.74) is 0.969. The van der Waals surface area contributed by atoms with E-state index in [9.17, 15) is 9.59 Å². The molecule has 1 aromatic carbocycles. The molecule has 0 saturated heterocycles. The number of amides is 2. The Morgan fingerprint density at radius 1 is 1.30 bits per heavy atom. The topological polar surface area (TPSA) is 84.4 Å². The summed E-state index contributed by atoms with van der Waals surface area (Å²) < 4.78 is 5.10. The molecule has 2 aromatic rings. The highest BCUT2D eigenvalue weighted by Crippen LogP contribution is 2.50. The summed E-state index contributed by atoms with van der Waals surface area (Å²) in [4.78, 5) is 29.1. The minimum atomic E-state index is -0.486. The molecule has 8 heteroatoms. The van der Waals surface area contributed by atoms with Gasteiger partial charge in [-0.05, 0) is 30.4 Å². The monoisotopic (exact) mass is 428 g/mol. The molecule has 1 fully saturated rings. The highest BCUT2D eigenvalue weighted by molar-refractivity contribution is 7.15. The Labute approximate surface area is 180 Å². The van der Waals surface area contributed by atoms with E-state index in [0.29, 0.717) is 34.8 Å². The lowest BCUT2D eigenvalue weighted by atomic mass is 9.70. The van der Waals surface area contributed by atoms with Crippen LogP contribution in [0.3, 0.4) is 0 Å². The number of fused-ring (bicyclic) bond motifs is 1. The Bertz CT molecular complexity index is 936. The first-order valence-corrected chi connectivity index (χ1v) is 11.3. The van der Waals surface area contributed by atoms with Gasteiger partial charge in [0, 0.05) is 19.2 Å². The Morgan fingerprint density at radius 2 is 2.03 bits per heavy atom. The van der Waals surface area contributed by atoms with Crippen molar-refractivity contribution >= 4 is 28.3 Å². The third-order valence-electron chi connectivity index (χ3n) is 6.07. The predicted octanol–water partition coefficient (Wildman–Crippen LogP) is 3.83. The Kier molecular flexibility index (Phi) is 5.88. The number of rotatable bonds is 6. The van der Waals surface area contributed by atoms with Crippen molar-refractivity contribution in [2.75, 3.05) is 19.0 Å². The van der Waals surface area contributed by atoms with Crippen molar-refractivity contribution in [3.8, 4) is 0 Å². The van der Waals surface area contributed by atoms with Crippen LogP contribution < -0.4 is 5.32 Å². The lowest BCUT2D eigenvalue weighted by Crippen LogP contribution is -2.60. The first kappa shape index (κ1) is 20.9. The van der Waals surface area contributed by atoms with E-state index in [0.717, 1.165) is 31.2 Å². The number of anilines is 1. The molecule has 1 aromatic heterocycles. The summed E-state index contributed by atoms with van der Waals surface area (Å²) in [5.74, 6) is -0.183. The first-order chi connectivity index (χ1) is 14.5. The molecule has 30 heavy (non-hydrogen) atoms. The number of benzene rings is 1. The Balaban J connectivity index is 1.75. The maximum absolute atomic E-state index is 13.7. The van der Waals surface area contributed by atoms with Crippen LogP contribution in [0.5, 0.6) is 0 Å². The van der Waals surface area contributed by atoms with Crippen LogP contribution in [0.1, 0.15) is 66.4 Å². The van der Waals surface area contributed by atoms with Crippen molar-refractivity contribution in [1.82, 2.24) is 15.1 Å². The standard InChI is InChI=1S/C22H28N4O3S/c1-14(2)12-26-20(28)16-9-5-4-8-15(16)18(22(26)10-6-7-11-22)19(27)23-21-25-24-17(30-21)13-29-3/h4-5,8-9,14,18H,6-7,10-13H2,1-3H3,(H,23,25,27)/t18-/m0/s1. The van der Waals surface area contributed by atoms with Crippen molar-refractivity contribution in [2.24, 2.45) is 5.92 Å². The lowest BCUT2D eigenvalue weighted by molar-refractivity contribution is -0.121. The molecule has 0 radical (unpaired) electrons. The molecule has 4 rings (SSSR count). The van der Waals surface area contributed by atoms with Crippen molar-refractivity contribution < 1.29 is 14.3 Å². The van der Waals surface area contributed by atoms with Gasteiger partial charge in [-0.2, -0.15) is 0 Å². The molecule has 2 aliphatic rings. The molecule has 1 aliphatic carbocycles. The summed E-state index contributed by atoms with van der Waals surface area (Å²) >= 11 is 1.31. The smallest absolute Gasteiger partial charge is 0.254 e. The van der Waals surface area contributed by atoms with Gasteiger partial charge in [-0.25, -0.2) is 0 Å². The van der Waals surface area contributed by atoms with Gasteiger partial charge in [0.15, 0.2) is 0 Å². The second-order valence-corrected chi connectivity index (χ2v) is 9.63. The zero-order valence-corrected chi connectivity index (χ0v) is 18.5. The molecule has 1 spiro atoms. The highest BCUT2D eigenvalue weighted by Gasteiger charge is 2.55. The minimum absolute atomic E-state index is 0.0450. The number of carbonyl (C=O) groups is 2. The van der Waals surface area contributed by atoms with E-state index in [1.807, 2.05) is 29.2 Å². The van der Waals surface area contributed by atoms with E-state index >= 15 is 0 Å². The number of carbonyl (C=O) groups excluding carboxylic acids is 2. The Hall–Kier alpha value is -2.32. The number of nitrogens with one attached hydrogen (secondary N) is 1. The van der Waals surface area contributed by atoms with Gasteiger partial charge < -0.3 is 9.64 Å². The molecule has 1 aliphatic heterocycles. The normalized spacial score (nSPS) is 20.1. The van der Waals surface area contributed by atoms with Crippen LogP contribution in [-0.2, 0) is 16.1 Å². The molecule has 1 atom stereocenters. The van der Waals surface area contributed by atoms with Crippen LogP contribution in [0.15, 0.2) is 24.3 Å². The summed E-state index contributed by atoms with van der Waals surface area (Å²) in [5, 5.41) is 12.3. The maximum atomic E-state index is 13.7. The fraction of sp³-hybridized carbons (Fsp3) is 0.545. The lowest BCUT2D eigenvalue weighted by Gasteiger charge is -2.50. The Morgan fingerprint density at radius 3 is 2.73 bits per heavy atom. The van der Waals surface area contributed by atoms with Gasteiger partial charge >= 0.3 is 0 Å². The average Bonchev–Trinajstić information content (AvgIpc) is 3.36. The number of aromatic nitrogens is 2. The number of nitrogens with zero attached hydrogens (tertiary/aromatic N) is 3. The molecule has 0 bridgehead atoms. The molecule has 0 unspecified atom stereocenters. The van der Waals surface area contributed by atoms with Gasteiger partial charge in [0.2, 0.25) is 11.0 Å². The molecule has 1 N–H and O–H groups in total. The van der Waals surface area contributed by atoms with Crippen LogP contribution in [0.4, 0.5) is 5.13 Å². The van der Waals surface area contributed by atoms with Gasteiger partial charge in [0.25, 0.3) is 5.91 Å². The van der Waals surface area contributed by atoms with Gasteiger partial charge in [-0.3, -0.25) is 14.9 Å². The van der Waals surface area contributed by atoms with Crippen molar-refractivity contribution in [3.05, 3.63) is 40.4 Å². The third kappa shape index (κ3) is 3.63. The average molecular weight is 429 g/mol. The van der Waals surface area contributed by atoms with E-state index in [2.05, 4.69) is 29.4 Å². The van der Waals surface area contributed by atoms with Gasteiger partial charge in [-0.15, -0.1) is 10.2 Å². The largest absolute Gasteiger partial charge is 0.377 e. The molecule has 2 heterocycles. The SMILES string of the molecule is COCc1nnc(NC(=O)[C@@H]2c3ccccc3C(=O)N(CC(C)C)C23CCCC3)s1. The van der Waals surface area contributed by atoms with Gasteiger partial charge in [0.1, 0.15) is 11.6 Å². The molecular weight excluding hydrogens is 400 g/mol. The fourth-order valence-electron chi connectivity index (χ4n) is 4.96. The molecule has 7 nitrogen and oxygen atoms in total. The van der Waals surface area contributed by atoms with Crippen LogP contribution in [0.25, 0.3) is 0 Å². The zero-order valence-electron chi connectivity index (χ0n) is 17.7. The van der Waals surface area contributed by atoms with E-state index in [1.54, 1.807) is 7.11 Å². The first-order valence-electron chi connectivity index (χ1n) is 10.5. The number of methoxy groups -OCH3 is 1. The van der Waals surface area contributed by atoms with Gasteiger partial charge in [0.05, 0.1) is 11.5 Å². The van der Waals surface area contributed by atoms with Crippen molar-refractivity contribution in [3.63, 3.8) is 0 Å². The number of hydrogen-bond donors (Lipinski definition) is 1. The second kappa shape index (κ2) is 8.43. The van der Waals surface area contributed by atoms with E-state index in [4.69, 9.17) is 4.74 Å². The van der Waals surface area contributed by atoms with Crippen molar-refractivity contribution in [2.45, 2.75) is 57.6 Å². The molecule has 2 amide bonds. The summed E-state index contributed by atoms with van der Waals surface area (Å²) in [6, 6.07) is 7.55.